The van der Waals surface area contributed by atoms with Crippen LogP contribution in [0.5, 0.6) is 17.2 Å². The second kappa shape index (κ2) is 9.88. The van der Waals surface area contributed by atoms with Crippen molar-refractivity contribution in [2.75, 3.05) is 0 Å². The van der Waals surface area contributed by atoms with Crippen molar-refractivity contribution in [1.82, 2.24) is 4.57 Å². The first-order chi connectivity index (χ1) is 17.4. The lowest BCUT2D eigenvalue weighted by Gasteiger charge is -2.13. The topological polar surface area (TPSA) is 98.0 Å². The summed E-state index contributed by atoms with van der Waals surface area (Å²) in [4.78, 5) is 23.9. The van der Waals surface area contributed by atoms with Crippen LogP contribution in [0.3, 0.4) is 0 Å². The molecule has 0 aliphatic carbocycles. The summed E-state index contributed by atoms with van der Waals surface area (Å²) in [5.74, 6) is -1.99. The minimum absolute atomic E-state index is 0.0312. The molecule has 0 bridgehead atoms. The van der Waals surface area contributed by atoms with Crippen molar-refractivity contribution in [2.45, 2.75) is 32.5 Å². The van der Waals surface area contributed by atoms with Crippen LogP contribution in [0.2, 0.25) is 0 Å². The van der Waals surface area contributed by atoms with E-state index in [1.54, 1.807) is 24.3 Å². The van der Waals surface area contributed by atoms with E-state index in [9.17, 15) is 33.0 Å². The molecular weight excluding hydrogens is 491 g/mol. The number of halogens is 3. The smallest absolute Gasteiger partial charge is 0.416 e. The van der Waals surface area contributed by atoms with Crippen molar-refractivity contribution in [3.63, 3.8) is 0 Å². The molecule has 0 saturated carbocycles. The third-order valence-electron chi connectivity index (χ3n) is 5.43. The number of ether oxygens (including phenoxy) is 2. The SMILES string of the molecule is CC(C)Oc1ccc(-n2c(CC(=O)O)c(C(=O)O)c3cc(Oc4cccc(C(F)(F)F)c4)ccc32)cc1. The highest BCUT2D eigenvalue weighted by atomic mass is 19.4. The lowest BCUT2D eigenvalue weighted by molar-refractivity contribution is -0.138. The van der Waals surface area contributed by atoms with Gasteiger partial charge in [0.05, 0.1) is 29.2 Å². The van der Waals surface area contributed by atoms with Gasteiger partial charge in [-0.1, -0.05) is 6.07 Å². The molecule has 3 aromatic carbocycles. The number of benzene rings is 3. The molecule has 0 spiro atoms. The highest BCUT2D eigenvalue weighted by Crippen LogP contribution is 2.36. The number of carboxylic acids is 2. The Hall–Kier alpha value is -4.47. The standard InChI is InChI=1S/C27H22F3NO6/c1-15(2)36-18-8-6-17(7-9-18)31-22-11-10-20(37-19-5-3-4-16(12-19)27(28,29)30)13-21(22)25(26(34)35)23(31)14-24(32)33/h3-13,15H,14H2,1-2H3,(H,32,33)(H,34,35). The van der Waals surface area contributed by atoms with Gasteiger partial charge in [-0.15, -0.1) is 0 Å². The number of aromatic carboxylic acids is 1. The number of carboxylic acid groups (broad SMARTS) is 2. The Balaban J connectivity index is 1.85. The second-order valence-electron chi connectivity index (χ2n) is 8.50. The van der Waals surface area contributed by atoms with E-state index < -0.39 is 30.1 Å². The summed E-state index contributed by atoms with van der Waals surface area (Å²) in [6.07, 6.45) is -5.20. The van der Waals surface area contributed by atoms with E-state index in [2.05, 4.69) is 0 Å². The van der Waals surface area contributed by atoms with Crippen LogP contribution in [0.1, 0.15) is 35.5 Å². The van der Waals surface area contributed by atoms with Gasteiger partial charge in [0.25, 0.3) is 0 Å². The molecule has 4 aromatic rings. The maximum Gasteiger partial charge on any atom is 0.416 e. The van der Waals surface area contributed by atoms with E-state index >= 15 is 0 Å². The van der Waals surface area contributed by atoms with E-state index in [1.165, 1.54) is 34.9 Å². The van der Waals surface area contributed by atoms with Gasteiger partial charge in [0.2, 0.25) is 0 Å². The Morgan fingerprint density at radius 2 is 1.57 bits per heavy atom. The summed E-state index contributed by atoms with van der Waals surface area (Å²) in [5, 5.41) is 19.7. The van der Waals surface area contributed by atoms with E-state index in [0.29, 0.717) is 17.0 Å². The molecule has 2 N–H and O–H groups in total. The summed E-state index contributed by atoms with van der Waals surface area (Å²) in [7, 11) is 0. The highest BCUT2D eigenvalue weighted by Gasteiger charge is 2.31. The minimum Gasteiger partial charge on any atom is -0.491 e. The first-order valence-electron chi connectivity index (χ1n) is 11.2. The third-order valence-corrected chi connectivity index (χ3v) is 5.43. The van der Waals surface area contributed by atoms with Gasteiger partial charge in [0, 0.05) is 16.8 Å². The number of nitrogens with zero attached hydrogens (tertiary/aromatic N) is 1. The molecule has 1 heterocycles. The minimum atomic E-state index is -4.56. The Kier molecular flexibility index (Phi) is 6.84. The lowest BCUT2D eigenvalue weighted by Crippen LogP contribution is -2.11. The normalized spacial score (nSPS) is 11.6. The number of aromatic nitrogens is 1. The predicted octanol–water partition coefficient (Wildman–Crippen LogP) is 6.55. The van der Waals surface area contributed by atoms with Crippen molar-refractivity contribution in [2.24, 2.45) is 0 Å². The molecule has 10 heteroatoms. The van der Waals surface area contributed by atoms with Crippen molar-refractivity contribution in [1.29, 1.82) is 0 Å². The molecule has 0 fully saturated rings. The molecule has 7 nitrogen and oxygen atoms in total. The van der Waals surface area contributed by atoms with Crippen LogP contribution in [-0.4, -0.2) is 32.8 Å². The summed E-state index contributed by atoms with van der Waals surface area (Å²) in [6.45, 7) is 3.74. The molecule has 4 rings (SSSR count). The van der Waals surface area contributed by atoms with E-state index in [-0.39, 0.29) is 34.2 Å². The predicted molar refractivity (Wildman–Crippen MR) is 129 cm³/mol. The third kappa shape index (κ3) is 5.53. The van der Waals surface area contributed by atoms with Crippen molar-refractivity contribution in [3.05, 3.63) is 83.6 Å². The molecule has 192 valence electrons. The molecule has 1 aromatic heterocycles. The Labute approximate surface area is 209 Å². The van der Waals surface area contributed by atoms with Crippen molar-refractivity contribution < 1.29 is 42.4 Å². The van der Waals surface area contributed by atoms with Gasteiger partial charge in [-0.25, -0.2) is 4.79 Å². The Morgan fingerprint density at radius 3 is 2.16 bits per heavy atom. The molecule has 0 unspecified atom stereocenters. The number of carbonyl (C=O) groups is 2. The first kappa shape index (κ1) is 25.6. The van der Waals surface area contributed by atoms with Crippen LogP contribution in [-0.2, 0) is 17.4 Å². The van der Waals surface area contributed by atoms with Gasteiger partial charge < -0.3 is 24.3 Å². The van der Waals surface area contributed by atoms with Crippen LogP contribution < -0.4 is 9.47 Å². The van der Waals surface area contributed by atoms with Gasteiger partial charge in [-0.3, -0.25) is 4.79 Å². The van der Waals surface area contributed by atoms with Gasteiger partial charge in [-0.2, -0.15) is 13.2 Å². The molecule has 0 aliphatic heterocycles. The van der Waals surface area contributed by atoms with Gasteiger partial charge in [0.15, 0.2) is 0 Å². The van der Waals surface area contributed by atoms with Gasteiger partial charge in [0.1, 0.15) is 17.2 Å². The van der Waals surface area contributed by atoms with Crippen LogP contribution in [0.25, 0.3) is 16.6 Å². The number of hydrogen-bond acceptors (Lipinski definition) is 4. The number of hydrogen-bond donors (Lipinski definition) is 2. The first-order valence-corrected chi connectivity index (χ1v) is 11.2. The zero-order valence-corrected chi connectivity index (χ0v) is 19.7. The molecule has 0 radical (unpaired) electrons. The van der Waals surface area contributed by atoms with Crippen LogP contribution in [0, 0.1) is 0 Å². The van der Waals surface area contributed by atoms with Gasteiger partial charge >= 0.3 is 18.1 Å². The van der Waals surface area contributed by atoms with Crippen molar-refractivity contribution >= 4 is 22.8 Å². The highest BCUT2D eigenvalue weighted by molar-refractivity contribution is 6.07. The van der Waals surface area contributed by atoms with Crippen LogP contribution >= 0.6 is 0 Å². The second-order valence-corrected chi connectivity index (χ2v) is 8.50. The number of fused-ring (bicyclic) bond motifs is 1. The Bertz CT molecular complexity index is 1470. The molecular formula is C27H22F3NO6. The van der Waals surface area contributed by atoms with Crippen LogP contribution in [0.4, 0.5) is 13.2 Å². The van der Waals surface area contributed by atoms with Crippen molar-refractivity contribution in [3.8, 4) is 22.9 Å². The lowest BCUT2D eigenvalue weighted by atomic mass is 10.1. The average molecular weight is 513 g/mol. The zero-order chi connectivity index (χ0) is 26.9. The number of aliphatic carboxylic acids is 1. The molecule has 37 heavy (non-hydrogen) atoms. The molecule has 0 saturated heterocycles. The fourth-order valence-electron chi connectivity index (χ4n) is 4.05. The molecule has 0 amide bonds. The zero-order valence-electron chi connectivity index (χ0n) is 19.7. The maximum absolute atomic E-state index is 13.1. The molecule has 0 aliphatic rings. The average Bonchev–Trinajstić information content (AvgIpc) is 3.11. The Morgan fingerprint density at radius 1 is 0.919 bits per heavy atom. The summed E-state index contributed by atoms with van der Waals surface area (Å²) in [5.41, 5.74) is -0.200. The van der Waals surface area contributed by atoms with E-state index in [1.807, 2.05) is 13.8 Å². The maximum atomic E-state index is 13.1. The molecule has 0 atom stereocenters. The van der Waals surface area contributed by atoms with Gasteiger partial charge in [-0.05, 0) is 74.5 Å². The fourth-order valence-corrected chi connectivity index (χ4v) is 4.05. The quantitative estimate of drug-likeness (QED) is 0.277. The summed E-state index contributed by atoms with van der Waals surface area (Å²) < 4.78 is 52.0. The summed E-state index contributed by atoms with van der Waals surface area (Å²) >= 11 is 0. The van der Waals surface area contributed by atoms with Crippen LogP contribution in [0.15, 0.2) is 66.7 Å². The van der Waals surface area contributed by atoms with E-state index in [0.717, 1.165) is 12.1 Å². The largest absolute Gasteiger partial charge is 0.491 e. The number of alkyl halides is 3. The fraction of sp³-hybridized carbons (Fsp3) is 0.185. The monoisotopic (exact) mass is 513 g/mol. The number of rotatable bonds is 8. The van der Waals surface area contributed by atoms with E-state index in [4.69, 9.17) is 9.47 Å². The summed E-state index contributed by atoms with van der Waals surface area (Å²) in [6, 6.07) is 15.4.